The summed E-state index contributed by atoms with van der Waals surface area (Å²) in [5, 5.41) is 0. The molecule has 0 N–H and O–H groups in total. The van der Waals surface area contributed by atoms with Gasteiger partial charge in [0.15, 0.2) is 0 Å². The third-order valence-electron chi connectivity index (χ3n) is 7.51. The molecule has 2 heterocycles. The van der Waals surface area contributed by atoms with Gasteiger partial charge in [-0.3, -0.25) is 14.6 Å². The second kappa shape index (κ2) is 11.2. The van der Waals surface area contributed by atoms with Crippen LogP contribution in [0.5, 0.6) is 5.75 Å². The topological polar surface area (TPSA) is 39.3 Å². The van der Waals surface area contributed by atoms with Gasteiger partial charge < -0.3 is 14.5 Å². The van der Waals surface area contributed by atoms with E-state index in [9.17, 15) is 4.79 Å². The van der Waals surface area contributed by atoms with Crippen molar-refractivity contribution in [3.8, 4) is 16.9 Å². The SMILES string of the molecule is CCC(C)N1CCN(C(=O)CN2CCN(c3ccc(-c4cc(C)ccc4OC)cc3)CC2)CC1. The van der Waals surface area contributed by atoms with Crippen LogP contribution in [0.25, 0.3) is 11.1 Å². The number of nitrogens with zero attached hydrogens (tertiary/aromatic N) is 4. The summed E-state index contributed by atoms with van der Waals surface area (Å²) in [6.45, 7) is 14.6. The first-order valence-electron chi connectivity index (χ1n) is 12.7. The number of ether oxygens (including phenoxy) is 1. The molecule has 2 aliphatic rings. The van der Waals surface area contributed by atoms with E-state index in [1.807, 2.05) is 6.07 Å². The Bertz CT molecular complexity index is 945. The number of hydrogen-bond acceptors (Lipinski definition) is 5. The number of methoxy groups -OCH3 is 1. The fourth-order valence-corrected chi connectivity index (χ4v) is 5.02. The summed E-state index contributed by atoms with van der Waals surface area (Å²) in [6.07, 6.45) is 1.17. The van der Waals surface area contributed by atoms with Gasteiger partial charge >= 0.3 is 0 Å². The maximum atomic E-state index is 12.9. The third-order valence-corrected chi connectivity index (χ3v) is 7.51. The van der Waals surface area contributed by atoms with Gasteiger partial charge in [-0.25, -0.2) is 0 Å². The van der Waals surface area contributed by atoms with Crippen molar-refractivity contribution in [3.05, 3.63) is 48.0 Å². The van der Waals surface area contributed by atoms with Crippen LogP contribution < -0.4 is 9.64 Å². The van der Waals surface area contributed by atoms with E-state index in [2.05, 4.69) is 76.8 Å². The normalized spacial score (nSPS) is 18.7. The summed E-state index contributed by atoms with van der Waals surface area (Å²) in [6, 6.07) is 15.7. The quantitative estimate of drug-likeness (QED) is 0.624. The summed E-state index contributed by atoms with van der Waals surface area (Å²) in [4.78, 5) is 22.1. The molecule has 0 saturated carbocycles. The van der Waals surface area contributed by atoms with Crippen molar-refractivity contribution in [3.63, 3.8) is 0 Å². The second-order valence-corrected chi connectivity index (χ2v) is 9.69. The molecular formula is C28H40N4O2. The Balaban J connectivity index is 1.27. The van der Waals surface area contributed by atoms with Crippen molar-refractivity contribution in [2.45, 2.75) is 33.2 Å². The number of benzene rings is 2. The minimum Gasteiger partial charge on any atom is -0.496 e. The average molecular weight is 465 g/mol. The molecule has 2 aromatic rings. The summed E-state index contributed by atoms with van der Waals surface area (Å²) < 4.78 is 5.56. The molecule has 0 radical (unpaired) electrons. The number of amides is 1. The van der Waals surface area contributed by atoms with Crippen molar-refractivity contribution in [2.75, 3.05) is 70.9 Å². The highest BCUT2D eigenvalue weighted by molar-refractivity contribution is 5.78. The van der Waals surface area contributed by atoms with Gasteiger partial charge in [0.05, 0.1) is 13.7 Å². The van der Waals surface area contributed by atoms with Crippen LogP contribution in [-0.4, -0.2) is 92.7 Å². The summed E-state index contributed by atoms with van der Waals surface area (Å²) in [5.74, 6) is 1.19. The van der Waals surface area contributed by atoms with Crippen LogP contribution in [0.1, 0.15) is 25.8 Å². The van der Waals surface area contributed by atoms with Crippen LogP contribution in [-0.2, 0) is 4.79 Å². The molecule has 184 valence electrons. The largest absolute Gasteiger partial charge is 0.496 e. The fraction of sp³-hybridized carbons (Fsp3) is 0.536. The molecule has 1 unspecified atom stereocenters. The Morgan fingerprint density at radius 1 is 0.941 bits per heavy atom. The Morgan fingerprint density at radius 3 is 2.24 bits per heavy atom. The van der Waals surface area contributed by atoms with Crippen molar-refractivity contribution in [2.24, 2.45) is 0 Å². The lowest BCUT2D eigenvalue weighted by Crippen LogP contribution is -2.55. The van der Waals surface area contributed by atoms with Crippen LogP contribution in [0.4, 0.5) is 5.69 Å². The molecule has 34 heavy (non-hydrogen) atoms. The zero-order valence-electron chi connectivity index (χ0n) is 21.3. The molecule has 0 bridgehead atoms. The molecular weight excluding hydrogens is 424 g/mol. The molecule has 1 amide bonds. The predicted molar refractivity (Wildman–Crippen MR) is 140 cm³/mol. The molecule has 2 aromatic carbocycles. The summed E-state index contributed by atoms with van der Waals surface area (Å²) >= 11 is 0. The zero-order chi connectivity index (χ0) is 24.1. The molecule has 0 aromatic heterocycles. The third kappa shape index (κ3) is 5.73. The van der Waals surface area contributed by atoms with E-state index >= 15 is 0 Å². The van der Waals surface area contributed by atoms with Crippen LogP contribution >= 0.6 is 0 Å². The first-order chi connectivity index (χ1) is 16.5. The first-order valence-corrected chi connectivity index (χ1v) is 12.7. The molecule has 0 spiro atoms. The van der Waals surface area contributed by atoms with Gasteiger partial charge in [-0.15, -0.1) is 0 Å². The van der Waals surface area contributed by atoms with E-state index in [1.165, 1.54) is 23.2 Å². The molecule has 2 aliphatic heterocycles. The van der Waals surface area contributed by atoms with Gasteiger partial charge in [0.25, 0.3) is 0 Å². The Kier molecular flexibility index (Phi) is 8.11. The van der Waals surface area contributed by atoms with E-state index in [1.54, 1.807) is 7.11 Å². The summed E-state index contributed by atoms with van der Waals surface area (Å²) in [7, 11) is 1.72. The van der Waals surface area contributed by atoms with Crippen LogP contribution in [0.15, 0.2) is 42.5 Å². The smallest absolute Gasteiger partial charge is 0.236 e. The van der Waals surface area contributed by atoms with Crippen LogP contribution in [0, 0.1) is 6.92 Å². The lowest BCUT2D eigenvalue weighted by Gasteiger charge is -2.40. The monoisotopic (exact) mass is 464 g/mol. The van der Waals surface area contributed by atoms with E-state index in [0.717, 1.165) is 63.7 Å². The highest BCUT2D eigenvalue weighted by Crippen LogP contribution is 2.32. The van der Waals surface area contributed by atoms with Crippen molar-refractivity contribution < 1.29 is 9.53 Å². The molecule has 2 saturated heterocycles. The molecule has 0 aliphatic carbocycles. The minimum absolute atomic E-state index is 0.286. The molecule has 6 nitrogen and oxygen atoms in total. The van der Waals surface area contributed by atoms with Crippen molar-refractivity contribution in [1.29, 1.82) is 0 Å². The minimum atomic E-state index is 0.286. The predicted octanol–water partition coefficient (Wildman–Crippen LogP) is 3.74. The second-order valence-electron chi connectivity index (χ2n) is 9.69. The van der Waals surface area contributed by atoms with Crippen molar-refractivity contribution in [1.82, 2.24) is 14.7 Å². The van der Waals surface area contributed by atoms with Crippen LogP contribution in [0.3, 0.4) is 0 Å². The van der Waals surface area contributed by atoms with Crippen molar-refractivity contribution >= 4 is 11.6 Å². The molecule has 1 atom stereocenters. The maximum Gasteiger partial charge on any atom is 0.236 e. The van der Waals surface area contributed by atoms with Gasteiger partial charge in [0.1, 0.15) is 5.75 Å². The number of aryl methyl sites for hydroxylation is 1. The highest BCUT2D eigenvalue weighted by Gasteiger charge is 2.26. The lowest BCUT2D eigenvalue weighted by molar-refractivity contribution is -0.134. The Labute approximate surface area is 205 Å². The number of carbonyl (C=O) groups excluding carboxylic acids is 1. The highest BCUT2D eigenvalue weighted by atomic mass is 16.5. The number of carbonyl (C=O) groups is 1. The van der Waals surface area contributed by atoms with Gasteiger partial charge in [-0.05, 0) is 50.1 Å². The number of rotatable bonds is 7. The number of hydrogen-bond donors (Lipinski definition) is 0. The first kappa shape index (κ1) is 24.6. The van der Waals surface area contributed by atoms with E-state index in [4.69, 9.17) is 4.74 Å². The average Bonchev–Trinajstić information content (AvgIpc) is 2.89. The van der Waals surface area contributed by atoms with Gasteiger partial charge in [-0.2, -0.15) is 0 Å². The van der Waals surface area contributed by atoms with Gasteiger partial charge in [0, 0.05) is 69.7 Å². The van der Waals surface area contributed by atoms with E-state index < -0.39 is 0 Å². The molecule has 4 rings (SSSR count). The van der Waals surface area contributed by atoms with E-state index in [0.29, 0.717) is 12.6 Å². The number of piperazine rings is 2. The number of anilines is 1. The van der Waals surface area contributed by atoms with Gasteiger partial charge in [0.2, 0.25) is 5.91 Å². The Hall–Kier alpha value is -2.57. The standard InChI is InChI=1S/C28H40N4O2/c1-5-23(3)30-16-18-32(19-17-30)28(33)21-29-12-14-31(15-13-29)25-9-7-24(8-10-25)26-20-22(2)6-11-27(26)34-4/h6-11,20,23H,5,12-19,21H2,1-4H3. The van der Waals surface area contributed by atoms with Gasteiger partial charge in [-0.1, -0.05) is 30.7 Å². The van der Waals surface area contributed by atoms with Crippen LogP contribution in [0.2, 0.25) is 0 Å². The zero-order valence-corrected chi connectivity index (χ0v) is 21.3. The molecule has 2 fully saturated rings. The fourth-order valence-electron chi connectivity index (χ4n) is 5.02. The molecule has 6 heteroatoms. The lowest BCUT2D eigenvalue weighted by atomic mass is 10.0. The summed E-state index contributed by atoms with van der Waals surface area (Å²) in [5.41, 5.74) is 4.76. The maximum absolute atomic E-state index is 12.9. The van der Waals surface area contributed by atoms with E-state index in [-0.39, 0.29) is 5.91 Å². The Morgan fingerprint density at radius 2 is 1.62 bits per heavy atom.